The molecule has 2 rings (SSSR count). The third-order valence-corrected chi connectivity index (χ3v) is 3.67. The highest BCUT2D eigenvalue weighted by atomic mass is 79.9. The molecule has 0 aliphatic carbocycles. The van der Waals surface area contributed by atoms with Crippen LogP contribution >= 0.6 is 15.9 Å². The average Bonchev–Trinajstić information content (AvgIpc) is 2.59. The minimum Gasteiger partial charge on any atom is -0.496 e. The van der Waals surface area contributed by atoms with E-state index in [1.165, 1.54) is 14.2 Å². The number of hydrogen-bond donors (Lipinski definition) is 2. The fourth-order valence-electron chi connectivity index (χ4n) is 1.89. The summed E-state index contributed by atoms with van der Waals surface area (Å²) in [5.41, 5.74) is 5.41. The lowest BCUT2D eigenvalue weighted by atomic mass is 10.2. The topological polar surface area (TPSA) is 76.7 Å². The third kappa shape index (κ3) is 4.01. The summed E-state index contributed by atoms with van der Waals surface area (Å²) in [4.78, 5) is 24.2. The fraction of sp³-hybridized carbons (Fsp3) is 0.125. The third-order valence-electron chi connectivity index (χ3n) is 3.06. The zero-order chi connectivity index (χ0) is 16.8. The Hall–Kier alpha value is -2.54. The SMILES string of the molecule is COc1ccc(C(=O)NNC(=O)c2ccccc2OC)cc1Br. The number of methoxy groups -OCH3 is 2. The minimum absolute atomic E-state index is 0.325. The largest absolute Gasteiger partial charge is 0.496 e. The van der Waals surface area contributed by atoms with Crippen molar-refractivity contribution in [1.29, 1.82) is 0 Å². The second kappa shape index (κ2) is 7.64. The van der Waals surface area contributed by atoms with Crippen molar-refractivity contribution in [2.75, 3.05) is 14.2 Å². The number of halogens is 1. The number of para-hydroxylation sites is 1. The normalized spacial score (nSPS) is 9.87. The molecule has 0 aliphatic heterocycles. The van der Waals surface area contributed by atoms with E-state index in [4.69, 9.17) is 9.47 Å². The van der Waals surface area contributed by atoms with Crippen molar-refractivity contribution in [1.82, 2.24) is 10.9 Å². The molecule has 0 saturated heterocycles. The van der Waals surface area contributed by atoms with Crippen LogP contribution in [0.25, 0.3) is 0 Å². The average molecular weight is 379 g/mol. The Labute approximate surface area is 141 Å². The first-order valence-corrected chi connectivity index (χ1v) is 7.43. The van der Waals surface area contributed by atoms with Crippen LogP contribution in [0.4, 0.5) is 0 Å². The number of carbonyl (C=O) groups excluding carboxylic acids is 2. The second-order valence-corrected chi connectivity index (χ2v) is 5.31. The first-order chi connectivity index (χ1) is 11.1. The van der Waals surface area contributed by atoms with Gasteiger partial charge >= 0.3 is 0 Å². The molecule has 0 unspecified atom stereocenters. The van der Waals surface area contributed by atoms with E-state index in [9.17, 15) is 9.59 Å². The quantitative estimate of drug-likeness (QED) is 0.801. The Balaban J connectivity index is 2.04. The van der Waals surface area contributed by atoms with Crippen LogP contribution in [0.2, 0.25) is 0 Å². The number of hydrazine groups is 1. The maximum atomic E-state index is 12.1. The molecule has 0 spiro atoms. The maximum absolute atomic E-state index is 12.1. The second-order valence-electron chi connectivity index (χ2n) is 4.46. The van der Waals surface area contributed by atoms with E-state index >= 15 is 0 Å². The molecule has 23 heavy (non-hydrogen) atoms. The fourth-order valence-corrected chi connectivity index (χ4v) is 2.43. The molecule has 7 heteroatoms. The number of hydrogen-bond acceptors (Lipinski definition) is 4. The molecule has 120 valence electrons. The lowest BCUT2D eigenvalue weighted by Crippen LogP contribution is -2.41. The zero-order valence-corrected chi connectivity index (χ0v) is 14.1. The van der Waals surface area contributed by atoms with E-state index in [1.54, 1.807) is 42.5 Å². The van der Waals surface area contributed by atoms with Crippen LogP contribution in [-0.4, -0.2) is 26.0 Å². The van der Waals surface area contributed by atoms with Crippen molar-refractivity contribution >= 4 is 27.7 Å². The van der Waals surface area contributed by atoms with Crippen LogP contribution in [-0.2, 0) is 0 Å². The van der Waals surface area contributed by atoms with Gasteiger partial charge in [0.25, 0.3) is 11.8 Å². The van der Waals surface area contributed by atoms with Gasteiger partial charge in [-0.3, -0.25) is 20.4 Å². The van der Waals surface area contributed by atoms with Crippen molar-refractivity contribution in [2.45, 2.75) is 0 Å². The van der Waals surface area contributed by atoms with Gasteiger partial charge in [0.2, 0.25) is 0 Å². The van der Waals surface area contributed by atoms with Crippen LogP contribution in [0.15, 0.2) is 46.9 Å². The number of ether oxygens (including phenoxy) is 2. The Bertz CT molecular complexity index is 734. The van der Waals surface area contributed by atoms with E-state index in [-0.39, 0.29) is 0 Å². The number of benzene rings is 2. The Morgan fingerprint density at radius 2 is 1.57 bits per heavy atom. The highest BCUT2D eigenvalue weighted by Crippen LogP contribution is 2.25. The van der Waals surface area contributed by atoms with Crippen LogP contribution < -0.4 is 20.3 Å². The van der Waals surface area contributed by atoms with Gasteiger partial charge in [-0.05, 0) is 46.3 Å². The van der Waals surface area contributed by atoms with Gasteiger partial charge in [-0.25, -0.2) is 0 Å². The lowest BCUT2D eigenvalue weighted by molar-refractivity contribution is 0.0845. The van der Waals surface area contributed by atoms with Gasteiger partial charge in [0, 0.05) is 5.56 Å². The van der Waals surface area contributed by atoms with E-state index in [2.05, 4.69) is 26.8 Å². The molecular weight excluding hydrogens is 364 g/mol. The zero-order valence-electron chi connectivity index (χ0n) is 12.6. The monoisotopic (exact) mass is 378 g/mol. The summed E-state index contributed by atoms with van der Waals surface area (Å²) >= 11 is 3.30. The van der Waals surface area contributed by atoms with E-state index < -0.39 is 11.8 Å². The van der Waals surface area contributed by atoms with Gasteiger partial charge < -0.3 is 9.47 Å². The molecule has 2 amide bonds. The minimum atomic E-state index is -0.469. The molecule has 2 N–H and O–H groups in total. The van der Waals surface area contributed by atoms with Crippen LogP contribution in [0.5, 0.6) is 11.5 Å². The smallest absolute Gasteiger partial charge is 0.273 e. The summed E-state index contributed by atoms with van der Waals surface area (Å²) in [5.74, 6) is 0.117. The number of rotatable bonds is 4. The predicted octanol–water partition coefficient (Wildman–Crippen LogP) is 2.54. The Morgan fingerprint density at radius 3 is 2.22 bits per heavy atom. The van der Waals surface area contributed by atoms with E-state index in [1.807, 2.05) is 0 Å². The van der Waals surface area contributed by atoms with Crippen molar-refractivity contribution in [3.8, 4) is 11.5 Å². The Morgan fingerprint density at radius 1 is 0.913 bits per heavy atom. The molecular formula is C16H15BrN2O4. The van der Waals surface area contributed by atoms with Crippen LogP contribution in [0, 0.1) is 0 Å². The van der Waals surface area contributed by atoms with Gasteiger partial charge in [-0.2, -0.15) is 0 Å². The molecule has 6 nitrogen and oxygen atoms in total. The van der Waals surface area contributed by atoms with Crippen molar-refractivity contribution in [2.24, 2.45) is 0 Å². The molecule has 2 aromatic rings. The highest BCUT2D eigenvalue weighted by molar-refractivity contribution is 9.10. The molecule has 0 saturated carbocycles. The first kappa shape index (κ1) is 16.8. The standard InChI is InChI=1S/C16H15BrN2O4/c1-22-13-6-4-3-5-11(13)16(21)19-18-15(20)10-7-8-14(23-2)12(17)9-10/h3-9H,1-2H3,(H,18,20)(H,19,21). The van der Waals surface area contributed by atoms with E-state index in [0.29, 0.717) is 27.1 Å². The Kier molecular flexibility index (Phi) is 5.59. The predicted molar refractivity (Wildman–Crippen MR) is 88.6 cm³/mol. The molecule has 0 heterocycles. The van der Waals surface area contributed by atoms with Crippen LogP contribution in [0.3, 0.4) is 0 Å². The lowest BCUT2D eigenvalue weighted by Gasteiger charge is -2.11. The molecule has 0 bridgehead atoms. The van der Waals surface area contributed by atoms with Gasteiger partial charge in [0.15, 0.2) is 0 Å². The van der Waals surface area contributed by atoms with Crippen molar-refractivity contribution < 1.29 is 19.1 Å². The number of amides is 2. The van der Waals surface area contributed by atoms with Crippen LogP contribution in [0.1, 0.15) is 20.7 Å². The summed E-state index contributed by atoms with van der Waals surface area (Å²) in [5, 5.41) is 0. The molecule has 0 aliphatic rings. The molecule has 2 aromatic carbocycles. The highest BCUT2D eigenvalue weighted by Gasteiger charge is 2.13. The van der Waals surface area contributed by atoms with Gasteiger partial charge in [0.05, 0.1) is 24.3 Å². The van der Waals surface area contributed by atoms with Gasteiger partial charge in [-0.1, -0.05) is 12.1 Å². The maximum Gasteiger partial charge on any atom is 0.273 e. The summed E-state index contributed by atoms with van der Waals surface area (Å²) in [6.45, 7) is 0. The number of nitrogens with one attached hydrogen (secondary N) is 2. The molecule has 0 aromatic heterocycles. The van der Waals surface area contributed by atoms with E-state index in [0.717, 1.165) is 0 Å². The summed E-state index contributed by atoms with van der Waals surface area (Å²) in [7, 11) is 3.01. The van der Waals surface area contributed by atoms with Crippen molar-refractivity contribution in [3.63, 3.8) is 0 Å². The summed E-state index contributed by atoms with van der Waals surface area (Å²) < 4.78 is 10.8. The number of carbonyl (C=O) groups is 2. The molecule has 0 radical (unpaired) electrons. The van der Waals surface area contributed by atoms with Gasteiger partial charge in [-0.15, -0.1) is 0 Å². The summed E-state index contributed by atoms with van der Waals surface area (Å²) in [6.07, 6.45) is 0. The summed E-state index contributed by atoms with van der Waals surface area (Å²) in [6, 6.07) is 11.6. The van der Waals surface area contributed by atoms with Gasteiger partial charge in [0.1, 0.15) is 11.5 Å². The van der Waals surface area contributed by atoms with Crippen molar-refractivity contribution in [3.05, 3.63) is 58.1 Å². The molecule has 0 atom stereocenters. The first-order valence-electron chi connectivity index (χ1n) is 6.64. The molecule has 0 fully saturated rings.